The van der Waals surface area contributed by atoms with E-state index >= 15 is 0 Å². The molecular weight excluding hydrogens is 164 g/mol. The molecule has 1 heterocycles. The number of aryl methyl sites for hydroxylation is 1. The van der Waals surface area contributed by atoms with Gasteiger partial charge in [0.15, 0.2) is 0 Å². The van der Waals surface area contributed by atoms with Gasteiger partial charge in [-0.1, -0.05) is 30.3 Å². The first-order valence-corrected chi connectivity index (χ1v) is 4.57. The van der Waals surface area contributed by atoms with E-state index < -0.39 is 0 Å². The van der Waals surface area contributed by atoms with Crippen LogP contribution in [-0.4, -0.2) is 12.6 Å². The Kier molecular flexibility index (Phi) is 2.30. The van der Waals surface area contributed by atoms with Crippen LogP contribution < -0.4 is 0 Å². The van der Waals surface area contributed by atoms with E-state index in [-0.39, 0.29) is 11.9 Å². The van der Waals surface area contributed by atoms with E-state index in [1.54, 1.807) is 0 Å². The van der Waals surface area contributed by atoms with E-state index in [2.05, 4.69) is 12.1 Å². The van der Waals surface area contributed by atoms with Crippen LogP contribution in [0.3, 0.4) is 0 Å². The molecule has 1 saturated heterocycles. The van der Waals surface area contributed by atoms with Gasteiger partial charge in [-0.2, -0.15) is 0 Å². The van der Waals surface area contributed by atoms with E-state index in [0.717, 1.165) is 12.8 Å². The summed E-state index contributed by atoms with van der Waals surface area (Å²) in [5.41, 5.74) is 1.29. The monoisotopic (exact) mass is 176 g/mol. The Morgan fingerprint density at radius 1 is 1.31 bits per heavy atom. The molecule has 13 heavy (non-hydrogen) atoms. The molecule has 0 amide bonds. The Morgan fingerprint density at radius 3 is 2.62 bits per heavy atom. The average Bonchev–Trinajstić information content (AvgIpc) is 2.17. The molecule has 0 unspecified atom stereocenters. The molecule has 0 N–H and O–H groups in total. The summed E-state index contributed by atoms with van der Waals surface area (Å²) >= 11 is 0. The fourth-order valence-corrected chi connectivity index (χ4v) is 1.46. The second-order valence-corrected chi connectivity index (χ2v) is 3.35. The Hall–Kier alpha value is -1.31. The molecule has 0 radical (unpaired) electrons. The third kappa shape index (κ3) is 1.89. The Morgan fingerprint density at radius 2 is 2.08 bits per heavy atom. The first-order valence-electron chi connectivity index (χ1n) is 4.57. The van der Waals surface area contributed by atoms with Crippen molar-refractivity contribution in [2.24, 2.45) is 5.92 Å². The van der Waals surface area contributed by atoms with Crippen molar-refractivity contribution < 1.29 is 9.53 Å². The minimum atomic E-state index is -0.0315. The maximum Gasteiger partial charge on any atom is 0.312 e. The van der Waals surface area contributed by atoms with Gasteiger partial charge in [0.25, 0.3) is 0 Å². The standard InChI is InChI=1S/C11H12O2/c12-11-10(8-13-11)7-6-9-4-2-1-3-5-9/h1-5,10H,6-8H2/t10-/m0/s1. The SMILES string of the molecule is O=C1OC[C@@H]1CCc1ccccc1. The van der Waals surface area contributed by atoms with Crippen molar-refractivity contribution in [3.05, 3.63) is 35.9 Å². The highest BCUT2D eigenvalue weighted by Gasteiger charge is 2.29. The van der Waals surface area contributed by atoms with E-state index in [1.807, 2.05) is 18.2 Å². The summed E-state index contributed by atoms with van der Waals surface area (Å²) in [7, 11) is 0. The fraction of sp³-hybridized carbons (Fsp3) is 0.364. The third-order valence-corrected chi connectivity index (χ3v) is 2.38. The minimum Gasteiger partial charge on any atom is -0.464 e. The van der Waals surface area contributed by atoms with Crippen LogP contribution in [0.15, 0.2) is 30.3 Å². The molecule has 0 saturated carbocycles. The molecule has 1 atom stereocenters. The zero-order chi connectivity index (χ0) is 9.10. The van der Waals surface area contributed by atoms with E-state index in [4.69, 9.17) is 4.74 Å². The summed E-state index contributed by atoms with van der Waals surface area (Å²) in [5.74, 6) is 0.121. The van der Waals surface area contributed by atoms with Crippen LogP contribution in [0.25, 0.3) is 0 Å². The van der Waals surface area contributed by atoms with Crippen molar-refractivity contribution in [2.45, 2.75) is 12.8 Å². The van der Waals surface area contributed by atoms with Gasteiger partial charge in [0.05, 0.1) is 5.92 Å². The van der Waals surface area contributed by atoms with Crippen LogP contribution in [-0.2, 0) is 16.0 Å². The number of esters is 1. The van der Waals surface area contributed by atoms with Gasteiger partial charge in [-0.05, 0) is 18.4 Å². The summed E-state index contributed by atoms with van der Waals surface area (Å²) < 4.78 is 4.69. The molecule has 1 aromatic carbocycles. The first-order chi connectivity index (χ1) is 6.36. The summed E-state index contributed by atoms with van der Waals surface area (Å²) in [5, 5.41) is 0. The minimum absolute atomic E-state index is 0.0315. The summed E-state index contributed by atoms with van der Waals surface area (Å²) in [6.07, 6.45) is 1.89. The second-order valence-electron chi connectivity index (χ2n) is 3.35. The van der Waals surface area contributed by atoms with Crippen molar-refractivity contribution >= 4 is 5.97 Å². The lowest BCUT2D eigenvalue weighted by Crippen LogP contribution is -2.34. The summed E-state index contributed by atoms with van der Waals surface area (Å²) in [6, 6.07) is 10.2. The van der Waals surface area contributed by atoms with Crippen molar-refractivity contribution in [1.29, 1.82) is 0 Å². The molecule has 0 aromatic heterocycles. The molecule has 0 bridgehead atoms. The van der Waals surface area contributed by atoms with E-state index in [1.165, 1.54) is 5.56 Å². The van der Waals surface area contributed by atoms with Gasteiger partial charge in [-0.15, -0.1) is 0 Å². The number of carbonyl (C=O) groups excluding carboxylic acids is 1. The maximum atomic E-state index is 10.8. The fourth-order valence-electron chi connectivity index (χ4n) is 1.46. The lowest BCUT2D eigenvalue weighted by Gasteiger charge is -2.24. The van der Waals surface area contributed by atoms with Crippen molar-refractivity contribution in [2.75, 3.05) is 6.61 Å². The smallest absolute Gasteiger partial charge is 0.312 e. The molecule has 1 aliphatic rings. The molecule has 1 fully saturated rings. The lowest BCUT2D eigenvalue weighted by molar-refractivity contribution is -0.168. The zero-order valence-electron chi connectivity index (χ0n) is 7.40. The highest BCUT2D eigenvalue weighted by atomic mass is 16.6. The molecular formula is C11H12O2. The average molecular weight is 176 g/mol. The lowest BCUT2D eigenvalue weighted by atomic mass is 9.97. The maximum absolute atomic E-state index is 10.8. The van der Waals surface area contributed by atoms with Gasteiger partial charge < -0.3 is 4.74 Å². The normalized spacial score (nSPS) is 20.6. The Bertz CT molecular complexity index is 292. The first kappa shape index (κ1) is 8.30. The highest BCUT2D eigenvalue weighted by molar-refractivity contribution is 5.77. The van der Waals surface area contributed by atoms with Gasteiger partial charge >= 0.3 is 5.97 Å². The van der Waals surface area contributed by atoms with Gasteiger partial charge in [-0.3, -0.25) is 4.79 Å². The predicted molar refractivity (Wildman–Crippen MR) is 49.2 cm³/mol. The van der Waals surface area contributed by atoms with Gasteiger partial charge in [-0.25, -0.2) is 0 Å². The van der Waals surface area contributed by atoms with Crippen LogP contribution in [0.5, 0.6) is 0 Å². The molecule has 2 rings (SSSR count). The number of carbonyl (C=O) groups is 1. The molecule has 1 aromatic rings. The number of benzene rings is 1. The Labute approximate surface area is 77.5 Å². The molecule has 0 aliphatic carbocycles. The molecule has 0 spiro atoms. The van der Waals surface area contributed by atoms with Crippen molar-refractivity contribution in [1.82, 2.24) is 0 Å². The van der Waals surface area contributed by atoms with E-state index in [9.17, 15) is 4.79 Å². The quantitative estimate of drug-likeness (QED) is 0.656. The van der Waals surface area contributed by atoms with Crippen LogP contribution >= 0.6 is 0 Å². The van der Waals surface area contributed by atoms with Crippen LogP contribution in [0.4, 0.5) is 0 Å². The summed E-state index contributed by atoms with van der Waals surface area (Å²) in [6.45, 7) is 0.617. The largest absolute Gasteiger partial charge is 0.464 e. The number of hydrogen-bond acceptors (Lipinski definition) is 2. The molecule has 2 nitrogen and oxygen atoms in total. The van der Waals surface area contributed by atoms with Gasteiger partial charge in [0.1, 0.15) is 6.61 Å². The predicted octanol–water partition coefficient (Wildman–Crippen LogP) is 1.79. The number of cyclic esters (lactones) is 1. The molecule has 68 valence electrons. The number of rotatable bonds is 3. The highest BCUT2D eigenvalue weighted by Crippen LogP contribution is 2.18. The second kappa shape index (κ2) is 3.60. The van der Waals surface area contributed by atoms with Gasteiger partial charge in [0, 0.05) is 0 Å². The molecule has 2 heteroatoms. The van der Waals surface area contributed by atoms with Crippen molar-refractivity contribution in [3.8, 4) is 0 Å². The van der Waals surface area contributed by atoms with Crippen LogP contribution in [0.1, 0.15) is 12.0 Å². The number of hydrogen-bond donors (Lipinski definition) is 0. The zero-order valence-corrected chi connectivity index (χ0v) is 7.40. The topological polar surface area (TPSA) is 26.3 Å². The summed E-state index contributed by atoms with van der Waals surface area (Å²) in [4.78, 5) is 10.8. The van der Waals surface area contributed by atoms with Crippen LogP contribution in [0.2, 0.25) is 0 Å². The number of ether oxygens (including phenoxy) is 1. The third-order valence-electron chi connectivity index (χ3n) is 2.38. The van der Waals surface area contributed by atoms with Crippen LogP contribution in [0, 0.1) is 5.92 Å². The molecule has 1 aliphatic heterocycles. The van der Waals surface area contributed by atoms with Gasteiger partial charge in [0.2, 0.25) is 0 Å². The van der Waals surface area contributed by atoms with Crippen molar-refractivity contribution in [3.63, 3.8) is 0 Å². The Balaban J connectivity index is 1.83. The van der Waals surface area contributed by atoms with E-state index in [0.29, 0.717) is 6.61 Å².